The number of amides is 3. The summed E-state index contributed by atoms with van der Waals surface area (Å²) in [5.41, 5.74) is 0.203. The predicted octanol–water partition coefficient (Wildman–Crippen LogP) is 3.38. The number of nitrogens with zero attached hydrogens (tertiary/aromatic N) is 3. The van der Waals surface area contributed by atoms with Crippen molar-refractivity contribution in [3.05, 3.63) is 29.8 Å². The summed E-state index contributed by atoms with van der Waals surface area (Å²) in [6.07, 6.45) is 3.27. The van der Waals surface area contributed by atoms with Gasteiger partial charge in [0.05, 0.1) is 13.7 Å². The summed E-state index contributed by atoms with van der Waals surface area (Å²) in [7, 11) is 3.29. The highest BCUT2D eigenvalue weighted by molar-refractivity contribution is 6.07. The topological polar surface area (TPSA) is 62.3 Å². The molecule has 7 nitrogen and oxygen atoms in total. The van der Waals surface area contributed by atoms with E-state index in [1.807, 2.05) is 29.2 Å². The number of methoxy groups -OCH3 is 2. The third-order valence-corrected chi connectivity index (χ3v) is 6.80. The van der Waals surface area contributed by atoms with Gasteiger partial charge < -0.3 is 19.3 Å². The molecule has 1 aromatic rings. The molecule has 1 atom stereocenters. The van der Waals surface area contributed by atoms with E-state index in [1.165, 1.54) is 4.90 Å². The third kappa shape index (κ3) is 5.04. The molecule has 1 spiro atoms. The summed E-state index contributed by atoms with van der Waals surface area (Å²) in [6, 6.07) is 7.37. The van der Waals surface area contributed by atoms with E-state index < -0.39 is 5.54 Å². The first-order valence-electron chi connectivity index (χ1n) is 11.4. The quantitative estimate of drug-likeness (QED) is 0.420. The molecule has 3 amide bonds. The number of hydrogen-bond acceptors (Lipinski definition) is 5. The molecule has 172 valence electrons. The summed E-state index contributed by atoms with van der Waals surface area (Å²) in [4.78, 5) is 32.7. The smallest absolute Gasteiger partial charge is 0.327 e. The lowest BCUT2D eigenvalue weighted by Gasteiger charge is -2.42. The highest BCUT2D eigenvalue weighted by atomic mass is 16.5. The van der Waals surface area contributed by atoms with Crippen molar-refractivity contribution >= 4 is 11.9 Å². The maximum absolute atomic E-state index is 13.6. The van der Waals surface area contributed by atoms with Gasteiger partial charge in [-0.15, -0.1) is 0 Å². The second-order valence-corrected chi connectivity index (χ2v) is 8.87. The molecule has 2 aliphatic heterocycles. The van der Waals surface area contributed by atoms with Crippen molar-refractivity contribution in [2.45, 2.75) is 51.6 Å². The van der Waals surface area contributed by atoms with Crippen molar-refractivity contribution in [1.29, 1.82) is 0 Å². The lowest BCUT2D eigenvalue weighted by molar-refractivity contribution is -0.136. The van der Waals surface area contributed by atoms with Crippen LogP contribution in [0.5, 0.6) is 5.75 Å². The van der Waals surface area contributed by atoms with Gasteiger partial charge in [-0.1, -0.05) is 32.4 Å². The number of likely N-dealkylation sites (tertiary alicyclic amines) is 1. The minimum absolute atomic E-state index is 0.0473. The van der Waals surface area contributed by atoms with E-state index in [0.29, 0.717) is 38.5 Å². The fourth-order valence-corrected chi connectivity index (χ4v) is 4.67. The molecule has 0 aromatic heterocycles. The number of urea groups is 1. The van der Waals surface area contributed by atoms with Crippen molar-refractivity contribution < 1.29 is 19.1 Å². The standard InChI is InChI=1S/C24H37N3O4/c1-5-19(2)17-25-14-11-24(12-15-25)22(28)26(23(29)27(24)13-6-16-30-3)18-20-7-9-21(31-4)10-8-20/h7-10,19H,5-6,11-18H2,1-4H3/t19-/m0/s1. The Hall–Kier alpha value is -2.12. The zero-order valence-electron chi connectivity index (χ0n) is 19.4. The van der Waals surface area contributed by atoms with Crippen molar-refractivity contribution in [1.82, 2.24) is 14.7 Å². The zero-order valence-corrected chi connectivity index (χ0v) is 19.4. The molecule has 0 unspecified atom stereocenters. The maximum atomic E-state index is 13.6. The van der Waals surface area contributed by atoms with Gasteiger partial charge in [-0.25, -0.2) is 4.79 Å². The molecule has 0 N–H and O–H groups in total. The first kappa shape index (κ1) is 23.5. The van der Waals surface area contributed by atoms with E-state index >= 15 is 0 Å². The lowest BCUT2D eigenvalue weighted by Crippen LogP contribution is -2.57. The van der Waals surface area contributed by atoms with Gasteiger partial charge in [0, 0.05) is 39.9 Å². The number of hydrogen-bond donors (Lipinski definition) is 0. The molecule has 2 heterocycles. The highest BCUT2D eigenvalue weighted by Crippen LogP contribution is 2.38. The number of imide groups is 1. The largest absolute Gasteiger partial charge is 0.497 e. The van der Waals surface area contributed by atoms with E-state index in [0.717, 1.165) is 43.8 Å². The number of carbonyl (C=O) groups excluding carboxylic acids is 2. The van der Waals surface area contributed by atoms with Crippen LogP contribution in [-0.2, 0) is 16.1 Å². The van der Waals surface area contributed by atoms with Gasteiger partial charge in [-0.05, 0) is 42.9 Å². The Bertz CT molecular complexity index is 744. The van der Waals surface area contributed by atoms with Gasteiger partial charge in [0.2, 0.25) is 0 Å². The van der Waals surface area contributed by atoms with Crippen LogP contribution < -0.4 is 4.74 Å². The number of benzene rings is 1. The van der Waals surface area contributed by atoms with E-state index in [9.17, 15) is 9.59 Å². The summed E-state index contributed by atoms with van der Waals surface area (Å²) in [6.45, 7) is 8.64. The minimum Gasteiger partial charge on any atom is -0.497 e. The average molecular weight is 432 g/mol. The van der Waals surface area contributed by atoms with Gasteiger partial charge in [0.15, 0.2) is 0 Å². The predicted molar refractivity (Wildman–Crippen MR) is 120 cm³/mol. The summed E-state index contributed by atoms with van der Waals surface area (Å²) < 4.78 is 10.4. The molecule has 2 fully saturated rings. The Balaban J connectivity index is 1.77. The lowest BCUT2D eigenvalue weighted by atomic mass is 9.85. The Labute approximate surface area is 186 Å². The van der Waals surface area contributed by atoms with Gasteiger partial charge >= 0.3 is 6.03 Å². The maximum Gasteiger partial charge on any atom is 0.327 e. The first-order chi connectivity index (χ1) is 14.9. The van der Waals surface area contributed by atoms with E-state index in [4.69, 9.17) is 9.47 Å². The van der Waals surface area contributed by atoms with Crippen LogP contribution in [0.4, 0.5) is 4.79 Å². The Kier molecular flexibility index (Phi) is 7.94. The molecule has 0 radical (unpaired) electrons. The second-order valence-electron chi connectivity index (χ2n) is 8.87. The van der Waals surface area contributed by atoms with Crippen molar-refractivity contribution in [2.75, 3.05) is 47.0 Å². The van der Waals surface area contributed by atoms with Gasteiger partial charge in [0.1, 0.15) is 11.3 Å². The van der Waals surface area contributed by atoms with Crippen LogP contribution in [0.15, 0.2) is 24.3 Å². The van der Waals surface area contributed by atoms with E-state index in [1.54, 1.807) is 14.2 Å². The van der Waals surface area contributed by atoms with Crippen LogP contribution in [0, 0.1) is 5.92 Å². The van der Waals surface area contributed by atoms with Gasteiger partial charge in [-0.3, -0.25) is 9.69 Å². The summed E-state index contributed by atoms with van der Waals surface area (Å²) in [5, 5.41) is 0. The minimum atomic E-state index is -0.719. The van der Waals surface area contributed by atoms with E-state index in [-0.39, 0.29) is 11.9 Å². The second kappa shape index (κ2) is 10.5. The zero-order chi connectivity index (χ0) is 22.4. The molecule has 1 aromatic carbocycles. The first-order valence-corrected chi connectivity index (χ1v) is 11.4. The number of carbonyl (C=O) groups is 2. The summed E-state index contributed by atoms with van der Waals surface area (Å²) >= 11 is 0. The van der Waals surface area contributed by atoms with Gasteiger partial charge in [-0.2, -0.15) is 0 Å². The van der Waals surface area contributed by atoms with Crippen LogP contribution in [0.25, 0.3) is 0 Å². The monoisotopic (exact) mass is 431 g/mol. The molecule has 0 bridgehead atoms. The normalized spacial score (nSPS) is 20.0. The van der Waals surface area contributed by atoms with Crippen LogP contribution in [-0.4, -0.2) is 79.2 Å². The third-order valence-electron chi connectivity index (χ3n) is 6.80. The van der Waals surface area contributed by atoms with Crippen LogP contribution in [0.3, 0.4) is 0 Å². The fourth-order valence-electron chi connectivity index (χ4n) is 4.67. The molecule has 7 heteroatoms. The molecule has 0 aliphatic carbocycles. The van der Waals surface area contributed by atoms with Crippen LogP contribution >= 0.6 is 0 Å². The fraction of sp³-hybridized carbons (Fsp3) is 0.667. The molecule has 2 saturated heterocycles. The van der Waals surface area contributed by atoms with Crippen LogP contribution in [0.2, 0.25) is 0 Å². The number of rotatable bonds is 10. The molecule has 0 saturated carbocycles. The van der Waals surface area contributed by atoms with Crippen LogP contribution in [0.1, 0.15) is 45.1 Å². The number of piperidine rings is 1. The van der Waals surface area contributed by atoms with Gasteiger partial charge in [0.25, 0.3) is 5.91 Å². The number of ether oxygens (including phenoxy) is 2. The van der Waals surface area contributed by atoms with Crippen molar-refractivity contribution in [2.24, 2.45) is 5.92 Å². The molecular weight excluding hydrogens is 394 g/mol. The highest BCUT2D eigenvalue weighted by Gasteiger charge is 2.57. The Morgan fingerprint density at radius 1 is 1.10 bits per heavy atom. The molecule has 2 aliphatic rings. The van der Waals surface area contributed by atoms with Crippen molar-refractivity contribution in [3.63, 3.8) is 0 Å². The Morgan fingerprint density at radius 3 is 2.35 bits per heavy atom. The van der Waals surface area contributed by atoms with E-state index in [2.05, 4.69) is 18.7 Å². The van der Waals surface area contributed by atoms with Crippen molar-refractivity contribution in [3.8, 4) is 5.75 Å². The molecule has 3 rings (SSSR count). The SMILES string of the molecule is CC[C@H](C)CN1CCC2(CC1)C(=O)N(Cc1ccc(OC)cc1)C(=O)N2CCCOC. The Morgan fingerprint density at radius 2 is 1.77 bits per heavy atom. The molecule has 31 heavy (non-hydrogen) atoms. The average Bonchev–Trinajstić information content (AvgIpc) is 2.97. The molecular formula is C24H37N3O4. The summed E-state index contributed by atoms with van der Waals surface area (Å²) in [5.74, 6) is 1.35.